The summed E-state index contributed by atoms with van der Waals surface area (Å²) in [6.07, 6.45) is 3.36. The number of amides is 2. The number of nitrogens with one attached hydrogen (secondary N) is 1. The summed E-state index contributed by atoms with van der Waals surface area (Å²) >= 11 is 11.3. The van der Waals surface area contributed by atoms with Crippen LogP contribution in [0.5, 0.6) is 0 Å². The number of oxime groups is 1. The van der Waals surface area contributed by atoms with Gasteiger partial charge in [0.2, 0.25) is 0 Å². The van der Waals surface area contributed by atoms with Crippen molar-refractivity contribution in [3.05, 3.63) is 44.7 Å². The second-order valence-corrected chi connectivity index (χ2v) is 13.6. The van der Waals surface area contributed by atoms with Crippen LogP contribution in [0.25, 0.3) is 0 Å². The number of thiazole rings is 1. The van der Waals surface area contributed by atoms with Crippen LogP contribution in [-0.2, 0) is 25.0 Å². The average Bonchev–Trinajstić information content (AvgIpc) is 3.26. The third kappa shape index (κ3) is 7.26. The van der Waals surface area contributed by atoms with Gasteiger partial charge in [-0.2, -0.15) is 11.8 Å². The van der Waals surface area contributed by atoms with Gasteiger partial charge in [-0.3, -0.25) is 19.5 Å². The highest BCUT2D eigenvalue weighted by molar-refractivity contribution is 8.06. The summed E-state index contributed by atoms with van der Waals surface area (Å²) in [5, 5.41) is 15.7. The summed E-state index contributed by atoms with van der Waals surface area (Å²) in [6.45, 7) is 0.654. The molecule has 41 heavy (non-hydrogen) atoms. The second-order valence-electron chi connectivity index (χ2n) is 8.65. The molecule has 2 amide bonds. The summed E-state index contributed by atoms with van der Waals surface area (Å²) in [6, 6.07) is 0.785. The Hall–Kier alpha value is -2.57. The van der Waals surface area contributed by atoms with Crippen LogP contribution in [0.4, 0.5) is 9.52 Å². The van der Waals surface area contributed by atoms with Crippen molar-refractivity contribution in [3.63, 3.8) is 0 Å². The lowest BCUT2D eigenvalue weighted by atomic mass is 10.0. The van der Waals surface area contributed by atoms with E-state index in [-0.39, 0.29) is 38.4 Å². The Labute approximate surface area is 255 Å². The zero-order valence-electron chi connectivity index (χ0n) is 21.4. The van der Waals surface area contributed by atoms with E-state index in [1.165, 1.54) is 28.4 Å². The Kier molecular flexibility index (Phi) is 10.8. The number of nitrogens with zero attached hydrogens (tertiary/aromatic N) is 4. The van der Waals surface area contributed by atoms with E-state index in [1.54, 1.807) is 30.2 Å². The summed E-state index contributed by atoms with van der Waals surface area (Å²) in [4.78, 5) is 54.2. The third-order valence-electron chi connectivity index (χ3n) is 5.52. The molecule has 4 heterocycles. The smallest absolute Gasteiger partial charge is 0.353 e. The molecule has 1 unspecified atom stereocenters. The van der Waals surface area contributed by atoms with E-state index in [9.17, 15) is 23.9 Å². The quantitative estimate of drug-likeness (QED) is 0.107. The third-order valence-corrected chi connectivity index (χ3v) is 10.5. The van der Waals surface area contributed by atoms with Crippen LogP contribution in [0.1, 0.15) is 18.2 Å². The molecule has 2 aromatic heterocycles. The number of carbonyl (C=O) groups excluding carboxylic acids is 2. The molecular formula is C23H25ClFN7O5S4. The SMILES string of the molecule is CC(N)CSCc1cnccc1SC1=C(C(=O)O)N2C(=O)[C@@H](NC(=O)/C(=N\OCCF)c3nc(N)sc3Cl)[C@H]2SC1. The van der Waals surface area contributed by atoms with Crippen molar-refractivity contribution in [1.29, 1.82) is 0 Å². The second kappa shape index (κ2) is 14.1. The highest BCUT2D eigenvalue weighted by Crippen LogP contribution is 2.46. The van der Waals surface area contributed by atoms with Gasteiger partial charge in [-0.1, -0.05) is 39.9 Å². The molecule has 6 N–H and O–H groups in total. The molecule has 0 spiro atoms. The minimum Gasteiger partial charge on any atom is -0.477 e. The van der Waals surface area contributed by atoms with E-state index < -0.39 is 42.5 Å². The van der Waals surface area contributed by atoms with Crippen LogP contribution in [0.3, 0.4) is 0 Å². The van der Waals surface area contributed by atoms with E-state index in [4.69, 9.17) is 27.9 Å². The summed E-state index contributed by atoms with van der Waals surface area (Å²) in [5.74, 6) is -1.04. The fourth-order valence-corrected chi connectivity index (χ4v) is 8.31. The summed E-state index contributed by atoms with van der Waals surface area (Å²) in [5.41, 5.74) is 11.8. The number of alkyl halides is 1. The van der Waals surface area contributed by atoms with Gasteiger partial charge >= 0.3 is 5.97 Å². The number of β-lactam (4-membered cyclic amide) rings is 1. The van der Waals surface area contributed by atoms with E-state index in [2.05, 4.69) is 20.4 Å². The monoisotopic (exact) mass is 661 g/mol. The first kappa shape index (κ1) is 31.4. The molecule has 0 radical (unpaired) electrons. The predicted molar refractivity (Wildman–Crippen MR) is 160 cm³/mol. The number of carboxylic acids is 1. The predicted octanol–water partition coefficient (Wildman–Crippen LogP) is 2.53. The average molecular weight is 662 g/mol. The topological polar surface area (TPSA) is 186 Å². The molecule has 18 heteroatoms. The number of pyridine rings is 1. The van der Waals surface area contributed by atoms with Crippen molar-refractivity contribution < 1.29 is 28.7 Å². The number of fused-ring (bicyclic) bond motifs is 1. The molecule has 2 aromatic rings. The number of nitrogen functional groups attached to an aromatic ring is 1. The first-order chi connectivity index (χ1) is 19.6. The maximum absolute atomic E-state index is 13.2. The van der Waals surface area contributed by atoms with Crippen molar-refractivity contribution in [2.75, 3.05) is 30.5 Å². The number of anilines is 1. The molecule has 2 aliphatic heterocycles. The number of aliphatic carboxylic acids is 1. The number of nitrogens with two attached hydrogens (primary N) is 2. The molecule has 0 bridgehead atoms. The Morgan fingerprint density at radius 3 is 2.90 bits per heavy atom. The molecule has 0 aromatic carbocycles. The van der Waals surface area contributed by atoms with Crippen molar-refractivity contribution in [2.45, 2.75) is 35.0 Å². The van der Waals surface area contributed by atoms with Gasteiger partial charge in [-0.25, -0.2) is 14.2 Å². The zero-order chi connectivity index (χ0) is 29.7. The number of rotatable bonds is 13. The molecule has 12 nitrogen and oxygen atoms in total. The van der Waals surface area contributed by atoms with E-state index in [0.29, 0.717) is 10.7 Å². The van der Waals surface area contributed by atoms with Crippen LogP contribution < -0.4 is 16.8 Å². The molecule has 3 atom stereocenters. The van der Waals surface area contributed by atoms with Gasteiger partial charge in [0.25, 0.3) is 11.8 Å². The van der Waals surface area contributed by atoms with Gasteiger partial charge in [0.1, 0.15) is 40.4 Å². The van der Waals surface area contributed by atoms with Crippen molar-refractivity contribution in [1.82, 2.24) is 20.2 Å². The van der Waals surface area contributed by atoms with Gasteiger partial charge in [0.15, 0.2) is 10.8 Å². The fourth-order valence-electron chi connectivity index (χ4n) is 3.79. The lowest BCUT2D eigenvalue weighted by Gasteiger charge is -2.49. The minimum absolute atomic E-state index is 0.0354. The van der Waals surface area contributed by atoms with Crippen molar-refractivity contribution >= 4 is 86.9 Å². The van der Waals surface area contributed by atoms with Crippen LogP contribution in [0.2, 0.25) is 4.34 Å². The fraction of sp³-hybridized carbons (Fsp3) is 0.391. The number of hydrogen-bond acceptors (Lipinski definition) is 13. The van der Waals surface area contributed by atoms with E-state index in [0.717, 1.165) is 27.5 Å². The zero-order valence-corrected chi connectivity index (χ0v) is 25.4. The Morgan fingerprint density at radius 1 is 1.46 bits per heavy atom. The van der Waals surface area contributed by atoms with E-state index >= 15 is 0 Å². The number of aromatic nitrogens is 2. The van der Waals surface area contributed by atoms with Gasteiger partial charge in [-0.05, 0) is 18.6 Å². The molecule has 1 fully saturated rings. The number of hydrogen-bond donors (Lipinski definition) is 4. The largest absolute Gasteiger partial charge is 0.477 e. The number of thioether (sulfide) groups is 3. The minimum atomic E-state index is -1.26. The molecule has 4 rings (SSSR count). The van der Waals surface area contributed by atoms with Crippen molar-refractivity contribution in [3.8, 4) is 0 Å². The highest BCUT2D eigenvalue weighted by atomic mass is 35.5. The van der Waals surface area contributed by atoms with E-state index in [1.807, 2.05) is 6.92 Å². The number of halogens is 2. The standard InChI is InChI=1S/C23H25ClFN7O5S4/c1-10(26)7-38-8-11-6-28-4-2-12(11)40-13-9-39-21-16(20(34)32(21)17(13)22(35)36)29-19(33)15(31-37-5-3-25)14-18(24)41-23(27)30-14/h2,4,6,10,16,21H,3,5,7-9,26H2,1H3,(H2,27,30)(H,29,33)(H,35,36)/b31-15-/t10?,16-,21-/m1/s1. The highest BCUT2D eigenvalue weighted by Gasteiger charge is 2.54. The van der Waals surface area contributed by atoms with Crippen LogP contribution in [0, 0.1) is 0 Å². The molecule has 2 aliphatic rings. The normalized spacial score (nSPS) is 19.5. The van der Waals surface area contributed by atoms with Crippen LogP contribution in [-0.4, -0.2) is 85.7 Å². The molecule has 0 aliphatic carbocycles. The molecule has 1 saturated heterocycles. The molecule has 0 saturated carbocycles. The van der Waals surface area contributed by atoms with Gasteiger partial charge < -0.3 is 26.7 Å². The van der Waals surface area contributed by atoms with Gasteiger partial charge in [0, 0.05) is 45.5 Å². The van der Waals surface area contributed by atoms with Crippen LogP contribution in [0.15, 0.2) is 39.1 Å². The summed E-state index contributed by atoms with van der Waals surface area (Å²) in [7, 11) is 0. The molecule has 220 valence electrons. The van der Waals surface area contributed by atoms with Crippen molar-refractivity contribution in [2.24, 2.45) is 10.9 Å². The number of carboxylic acid groups (broad SMARTS) is 1. The Bertz CT molecular complexity index is 1390. The van der Waals surface area contributed by atoms with Crippen LogP contribution >= 0.6 is 58.2 Å². The van der Waals surface area contributed by atoms with Gasteiger partial charge in [-0.15, -0.1) is 11.8 Å². The Balaban J connectivity index is 1.52. The Morgan fingerprint density at radius 2 is 2.24 bits per heavy atom. The van der Waals surface area contributed by atoms with Gasteiger partial charge in [0.05, 0.1) is 0 Å². The number of carbonyl (C=O) groups is 3. The lowest BCUT2D eigenvalue weighted by Crippen LogP contribution is -2.71. The maximum atomic E-state index is 13.2. The first-order valence-corrected chi connectivity index (χ1v) is 16.2. The maximum Gasteiger partial charge on any atom is 0.353 e. The molecular weight excluding hydrogens is 637 g/mol. The lowest BCUT2D eigenvalue weighted by molar-refractivity contribution is -0.150. The summed E-state index contributed by atoms with van der Waals surface area (Å²) < 4.78 is 12.6. The first-order valence-electron chi connectivity index (χ1n) is 12.0.